The Morgan fingerprint density at radius 2 is 1.68 bits per heavy atom. The van der Waals surface area contributed by atoms with Crippen LogP contribution in [0.2, 0.25) is 5.02 Å². The Balaban J connectivity index is 1.22. The van der Waals surface area contributed by atoms with Crippen LogP contribution in [0.4, 0.5) is 11.4 Å². The molecule has 1 aromatic heterocycles. The maximum atomic E-state index is 12.4. The molecule has 0 atom stereocenters. The van der Waals surface area contributed by atoms with Gasteiger partial charge in [0.05, 0.1) is 12.3 Å². The molecule has 174 valence electrons. The van der Waals surface area contributed by atoms with Gasteiger partial charge in [-0.05, 0) is 54.1 Å². The molecule has 0 aliphatic rings. The van der Waals surface area contributed by atoms with Gasteiger partial charge in [-0.3, -0.25) is 4.79 Å². The number of nitrogens with one attached hydrogen (secondary N) is 2. The zero-order chi connectivity index (χ0) is 23.8. The van der Waals surface area contributed by atoms with Gasteiger partial charge in [0.2, 0.25) is 5.91 Å². The average molecular weight is 494 g/mol. The number of ether oxygens (including phenoxy) is 1. The number of anilines is 2. The molecule has 0 fully saturated rings. The number of aromatic nitrogens is 3. The van der Waals surface area contributed by atoms with Crippen LogP contribution in [0.5, 0.6) is 5.75 Å². The summed E-state index contributed by atoms with van der Waals surface area (Å²) >= 11 is 7.25. The number of carbonyl (C=O) groups is 1. The molecule has 4 aromatic rings. The van der Waals surface area contributed by atoms with Gasteiger partial charge in [-0.25, -0.2) is 0 Å². The van der Waals surface area contributed by atoms with Crippen molar-refractivity contribution in [3.8, 4) is 5.75 Å². The smallest absolute Gasteiger partial charge is 0.234 e. The maximum Gasteiger partial charge on any atom is 0.234 e. The van der Waals surface area contributed by atoms with Crippen LogP contribution in [-0.2, 0) is 25.0 Å². The summed E-state index contributed by atoms with van der Waals surface area (Å²) in [4.78, 5) is 12.4. The monoisotopic (exact) mass is 493 g/mol. The highest BCUT2D eigenvalue weighted by molar-refractivity contribution is 7.99. The molecule has 0 aliphatic carbocycles. The molecule has 0 spiro atoms. The minimum absolute atomic E-state index is 0.119. The van der Waals surface area contributed by atoms with Crippen molar-refractivity contribution in [1.29, 1.82) is 0 Å². The number of halogens is 1. The Morgan fingerprint density at radius 1 is 0.971 bits per heavy atom. The van der Waals surface area contributed by atoms with Crippen LogP contribution in [0.15, 0.2) is 84.0 Å². The van der Waals surface area contributed by atoms with E-state index < -0.39 is 0 Å². The lowest BCUT2D eigenvalue weighted by Gasteiger charge is -2.09. The van der Waals surface area contributed by atoms with E-state index in [0.29, 0.717) is 29.0 Å². The second kappa shape index (κ2) is 11.6. The van der Waals surface area contributed by atoms with Crippen molar-refractivity contribution in [3.05, 3.63) is 95.3 Å². The summed E-state index contributed by atoms with van der Waals surface area (Å²) in [6.07, 6.45) is 0. The molecule has 0 radical (unpaired) electrons. The van der Waals surface area contributed by atoms with Crippen molar-refractivity contribution in [2.75, 3.05) is 16.4 Å². The summed E-state index contributed by atoms with van der Waals surface area (Å²) in [5.74, 6) is 1.62. The molecule has 34 heavy (non-hydrogen) atoms. The lowest BCUT2D eigenvalue weighted by Crippen LogP contribution is -2.14. The first-order valence-corrected chi connectivity index (χ1v) is 12.0. The molecule has 7 nitrogen and oxygen atoms in total. The van der Waals surface area contributed by atoms with E-state index in [2.05, 4.69) is 20.8 Å². The van der Waals surface area contributed by atoms with E-state index in [1.807, 2.05) is 90.5 Å². The summed E-state index contributed by atoms with van der Waals surface area (Å²) in [6, 6.07) is 24.8. The van der Waals surface area contributed by atoms with Gasteiger partial charge in [-0.15, -0.1) is 10.2 Å². The van der Waals surface area contributed by atoms with E-state index in [1.165, 1.54) is 11.8 Å². The second-order valence-corrected chi connectivity index (χ2v) is 8.83. The number of thioether (sulfide) groups is 1. The summed E-state index contributed by atoms with van der Waals surface area (Å²) in [6.45, 7) is 1.01. The van der Waals surface area contributed by atoms with Gasteiger partial charge >= 0.3 is 0 Å². The molecule has 0 unspecified atom stereocenters. The molecule has 0 saturated heterocycles. The Hall–Kier alpha value is -3.49. The van der Waals surface area contributed by atoms with Crippen LogP contribution < -0.4 is 15.4 Å². The molecular weight excluding hydrogens is 470 g/mol. The highest BCUT2D eigenvalue weighted by Gasteiger charge is 2.12. The number of hydrogen-bond donors (Lipinski definition) is 2. The van der Waals surface area contributed by atoms with E-state index in [-0.39, 0.29) is 11.7 Å². The predicted octanol–water partition coefficient (Wildman–Crippen LogP) is 5.39. The minimum atomic E-state index is -0.119. The van der Waals surface area contributed by atoms with Gasteiger partial charge in [0.15, 0.2) is 11.0 Å². The molecule has 0 saturated carbocycles. The third-order valence-corrected chi connectivity index (χ3v) is 6.21. The van der Waals surface area contributed by atoms with Crippen LogP contribution in [-0.4, -0.2) is 26.4 Å². The quantitative estimate of drug-likeness (QED) is 0.288. The second-order valence-electron chi connectivity index (χ2n) is 7.45. The first kappa shape index (κ1) is 23.7. The van der Waals surface area contributed by atoms with Gasteiger partial charge < -0.3 is 19.9 Å². The minimum Gasteiger partial charge on any atom is -0.489 e. The van der Waals surface area contributed by atoms with Crippen molar-refractivity contribution in [1.82, 2.24) is 14.8 Å². The molecule has 1 heterocycles. The number of benzene rings is 3. The number of carbonyl (C=O) groups excluding carboxylic acids is 1. The summed E-state index contributed by atoms with van der Waals surface area (Å²) < 4.78 is 7.66. The molecule has 0 aliphatic heterocycles. The van der Waals surface area contributed by atoms with Crippen molar-refractivity contribution in [2.45, 2.75) is 18.3 Å². The topological polar surface area (TPSA) is 81.1 Å². The van der Waals surface area contributed by atoms with E-state index in [0.717, 1.165) is 22.8 Å². The Kier molecular flexibility index (Phi) is 8.06. The number of rotatable bonds is 10. The normalized spacial score (nSPS) is 10.6. The fourth-order valence-corrected chi connectivity index (χ4v) is 3.93. The van der Waals surface area contributed by atoms with Gasteiger partial charge in [0.1, 0.15) is 12.4 Å². The van der Waals surface area contributed by atoms with Crippen LogP contribution in [0.1, 0.15) is 11.4 Å². The van der Waals surface area contributed by atoms with E-state index >= 15 is 0 Å². The Bertz CT molecular complexity index is 1210. The van der Waals surface area contributed by atoms with Crippen LogP contribution >= 0.6 is 23.4 Å². The van der Waals surface area contributed by atoms with Gasteiger partial charge in [0.25, 0.3) is 0 Å². The third-order valence-electron chi connectivity index (χ3n) is 4.94. The van der Waals surface area contributed by atoms with E-state index in [1.54, 1.807) is 0 Å². The fourth-order valence-electron chi connectivity index (χ4n) is 3.08. The molecular formula is C25H24ClN5O2S. The standard InChI is InChI=1S/C25H24ClN5O2S/c1-31-23(15-27-20-9-7-19(26)8-10-20)29-30-25(31)34-17-24(32)28-21-11-13-22(14-12-21)33-16-18-5-3-2-4-6-18/h2-14,27H,15-17H2,1H3,(H,28,32). The Morgan fingerprint density at radius 3 is 2.41 bits per heavy atom. The van der Waals surface area contributed by atoms with Crippen LogP contribution in [0.25, 0.3) is 0 Å². The van der Waals surface area contributed by atoms with Gasteiger partial charge in [-0.2, -0.15) is 0 Å². The average Bonchev–Trinajstić information content (AvgIpc) is 3.22. The first-order chi connectivity index (χ1) is 16.6. The zero-order valence-corrected chi connectivity index (χ0v) is 20.1. The molecule has 4 rings (SSSR count). The van der Waals surface area contributed by atoms with E-state index in [4.69, 9.17) is 16.3 Å². The predicted molar refractivity (Wildman–Crippen MR) is 136 cm³/mol. The summed E-state index contributed by atoms with van der Waals surface area (Å²) in [7, 11) is 1.88. The van der Waals surface area contributed by atoms with Crippen molar-refractivity contribution in [2.24, 2.45) is 7.05 Å². The lowest BCUT2D eigenvalue weighted by molar-refractivity contribution is -0.113. The summed E-state index contributed by atoms with van der Waals surface area (Å²) in [5.41, 5.74) is 2.76. The van der Waals surface area contributed by atoms with Crippen LogP contribution in [0, 0.1) is 0 Å². The van der Waals surface area contributed by atoms with Crippen molar-refractivity contribution < 1.29 is 9.53 Å². The Labute approximate surface area is 207 Å². The first-order valence-electron chi connectivity index (χ1n) is 10.6. The molecule has 0 bridgehead atoms. The molecule has 9 heteroatoms. The molecule has 2 N–H and O–H groups in total. The zero-order valence-electron chi connectivity index (χ0n) is 18.6. The molecule has 1 amide bonds. The third kappa shape index (κ3) is 6.76. The number of hydrogen-bond acceptors (Lipinski definition) is 6. The SMILES string of the molecule is Cn1c(CNc2ccc(Cl)cc2)nnc1SCC(=O)Nc1ccc(OCc2ccccc2)cc1. The highest BCUT2D eigenvalue weighted by Crippen LogP contribution is 2.20. The fraction of sp³-hybridized carbons (Fsp3) is 0.160. The summed E-state index contributed by atoms with van der Waals surface area (Å²) in [5, 5.41) is 16.0. The van der Waals surface area contributed by atoms with Crippen molar-refractivity contribution >= 4 is 40.6 Å². The van der Waals surface area contributed by atoms with Gasteiger partial charge in [-0.1, -0.05) is 53.7 Å². The van der Waals surface area contributed by atoms with Crippen molar-refractivity contribution in [3.63, 3.8) is 0 Å². The lowest BCUT2D eigenvalue weighted by atomic mass is 10.2. The van der Waals surface area contributed by atoms with Crippen LogP contribution in [0.3, 0.4) is 0 Å². The largest absolute Gasteiger partial charge is 0.489 e. The molecule has 3 aromatic carbocycles. The van der Waals surface area contributed by atoms with E-state index in [9.17, 15) is 4.79 Å². The maximum absolute atomic E-state index is 12.4. The number of nitrogens with zero attached hydrogens (tertiary/aromatic N) is 3. The highest BCUT2D eigenvalue weighted by atomic mass is 35.5. The number of amides is 1. The van der Waals surface area contributed by atoms with Gasteiger partial charge in [0, 0.05) is 23.4 Å².